The SMILES string of the molecule is CCOC(=O)c1ccc(OC)c(C#N)n1. The van der Waals surface area contributed by atoms with Crippen LogP contribution in [0, 0.1) is 11.3 Å². The summed E-state index contributed by atoms with van der Waals surface area (Å²) in [6.07, 6.45) is 0. The number of esters is 1. The van der Waals surface area contributed by atoms with Crippen LogP contribution in [0.5, 0.6) is 5.75 Å². The Labute approximate surface area is 87.3 Å². The second kappa shape index (κ2) is 4.96. The highest BCUT2D eigenvalue weighted by atomic mass is 16.5. The summed E-state index contributed by atoms with van der Waals surface area (Å²) in [5.41, 5.74) is 0.178. The van der Waals surface area contributed by atoms with Crippen molar-refractivity contribution in [2.75, 3.05) is 13.7 Å². The molecule has 5 heteroatoms. The lowest BCUT2D eigenvalue weighted by molar-refractivity contribution is 0.0519. The first-order valence-corrected chi connectivity index (χ1v) is 4.35. The summed E-state index contributed by atoms with van der Waals surface area (Å²) in [5, 5.41) is 8.74. The summed E-state index contributed by atoms with van der Waals surface area (Å²) in [6, 6.07) is 4.81. The average Bonchev–Trinajstić information content (AvgIpc) is 2.28. The molecule has 0 aromatic carbocycles. The lowest BCUT2D eigenvalue weighted by Crippen LogP contribution is -2.08. The van der Waals surface area contributed by atoms with Gasteiger partial charge in [-0.05, 0) is 19.1 Å². The number of nitriles is 1. The van der Waals surface area contributed by atoms with Crippen molar-refractivity contribution >= 4 is 5.97 Å². The molecule has 0 spiro atoms. The van der Waals surface area contributed by atoms with Crippen LogP contribution in [0.1, 0.15) is 23.1 Å². The molecule has 1 aromatic heterocycles. The van der Waals surface area contributed by atoms with E-state index in [1.54, 1.807) is 6.92 Å². The third kappa shape index (κ3) is 2.44. The average molecular weight is 206 g/mol. The fourth-order valence-corrected chi connectivity index (χ4v) is 1.01. The zero-order chi connectivity index (χ0) is 11.3. The summed E-state index contributed by atoms with van der Waals surface area (Å²) < 4.78 is 9.64. The van der Waals surface area contributed by atoms with Crippen molar-refractivity contribution in [3.63, 3.8) is 0 Å². The van der Waals surface area contributed by atoms with E-state index in [1.165, 1.54) is 19.2 Å². The van der Waals surface area contributed by atoms with Crippen molar-refractivity contribution in [2.24, 2.45) is 0 Å². The van der Waals surface area contributed by atoms with Gasteiger partial charge in [0.05, 0.1) is 13.7 Å². The third-order valence-electron chi connectivity index (χ3n) is 1.67. The molecule has 1 aromatic rings. The van der Waals surface area contributed by atoms with Crippen LogP contribution < -0.4 is 4.74 Å². The Hall–Kier alpha value is -2.09. The Balaban J connectivity index is 3.04. The molecule has 0 fully saturated rings. The predicted octanol–water partition coefficient (Wildman–Crippen LogP) is 1.14. The summed E-state index contributed by atoms with van der Waals surface area (Å²) >= 11 is 0. The van der Waals surface area contributed by atoms with Crippen LogP contribution in [0.3, 0.4) is 0 Å². The molecule has 0 N–H and O–H groups in total. The number of methoxy groups -OCH3 is 1. The Bertz CT molecular complexity index is 410. The molecule has 0 aliphatic heterocycles. The predicted molar refractivity (Wildman–Crippen MR) is 51.5 cm³/mol. The Morgan fingerprint density at radius 3 is 2.87 bits per heavy atom. The first kappa shape index (κ1) is 11.0. The monoisotopic (exact) mass is 206 g/mol. The van der Waals surface area contributed by atoms with Crippen molar-refractivity contribution < 1.29 is 14.3 Å². The van der Waals surface area contributed by atoms with Gasteiger partial charge in [-0.1, -0.05) is 0 Å². The van der Waals surface area contributed by atoms with Gasteiger partial charge in [0.25, 0.3) is 0 Å². The summed E-state index contributed by atoms with van der Waals surface area (Å²) in [5.74, 6) is -0.206. The summed E-state index contributed by atoms with van der Waals surface area (Å²) in [4.78, 5) is 15.1. The van der Waals surface area contributed by atoms with Gasteiger partial charge in [-0.25, -0.2) is 9.78 Å². The first-order chi connectivity index (χ1) is 7.22. The van der Waals surface area contributed by atoms with E-state index in [0.29, 0.717) is 5.75 Å². The lowest BCUT2D eigenvalue weighted by atomic mass is 10.3. The number of nitrogens with zero attached hydrogens (tertiary/aromatic N) is 2. The molecule has 1 heterocycles. The topological polar surface area (TPSA) is 72.2 Å². The van der Waals surface area contributed by atoms with E-state index in [-0.39, 0.29) is 18.0 Å². The molecule has 1 rings (SSSR count). The normalized spacial score (nSPS) is 9.13. The molecule has 0 aliphatic rings. The van der Waals surface area contributed by atoms with E-state index in [0.717, 1.165) is 0 Å². The quantitative estimate of drug-likeness (QED) is 0.693. The molecule has 78 valence electrons. The van der Waals surface area contributed by atoms with Crippen molar-refractivity contribution in [3.05, 3.63) is 23.5 Å². The second-order valence-electron chi connectivity index (χ2n) is 2.58. The first-order valence-electron chi connectivity index (χ1n) is 4.35. The van der Waals surface area contributed by atoms with Crippen molar-refractivity contribution in [1.82, 2.24) is 4.98 Å². The van der Waals surface area contributed by atoms with E-state index in [9.17, 15) is 4.79 Å². The zero-order valence-corrected chi connectivity index (χ0v) is 8.48. The van der Waals surface area contributed by atoms with Gasteiger partial charge in [0.2, 0.25) is 0 Å². The Morgan fingerprint density at radius 1 is 1.60 bits per heavy atom. The molecule has 5 nitrogen and oxygen atoms in total. The third-order valence-corrected chi connectivity index (χ3v) is 1.67. The maximum Gasteiger partial charge on any atom is 0.356 e. The molecule has 0 bridgehead atoms. The van der Waals surface area contributed by atoms with Crippen LogP contribution in [-0.2, 0) is 4.74 Å². The highest BCUT2D eigenvalue weighted by molar-refractivity contribution is 5.87. The van der Waals surface area contributed by atoms with Crippen molar-refractivity contribution in [2.45, 2.75) is 6.92 Å². The van der Waals surface area contributed by atoms with Gasteiger partial charge in [0, 0.05) is 0 Å². The van der Waals surface area contributed by atoms with Gasteiger partial charge >= 0.3 is 5.97 Å². The van der Waals surface area contributed by atoms with Crippen LogP contribution in [0.2, 0.25) is 0 Å². The minimum atomic E-state index is -0.545. The Kier molecular flexibility index (Phi) is 3.63. The van der Waals surface area contributed by atoms with E-state index >= 15 is 0 Å². The summed E-state index contributed by atoms with van der Waals surface area (Å²) in [7, 11) is 1.43. The van der Waals surface area contributed by atoms with Crippen LogP contribution in [0.4, 0.5) is 0 Å². The molecule has 0 saturated heterocycles. The molecule has 0 atom stereocenters. The van der Waals surface area contributed by atoms with E-state index in [2.05, 4.69) is 4.98 Å². The highest BCUT2D eigenvalue weighted by Gasteiger charge is 2.12. The van der Waals surface area contributed by atoms with Crippen LogP contribution in [0.15, 0.2) is 12.1 Å². The summed E-state index contributed by atoms with van der Waals surface area (Å²) in [6.45, 7) is 1.97. The standard InChI is InChI=1S/C10H10N2O3/c1-3-15-10(13)7-4-5-9(14-2)8(6-11)12-7/h4-5H,3H2,1-2H3. The van der Waals surface area contributed by atoms with Crippen molar-refractivity contribution in [1.29, 1.82) is 5.26 Å². The smallest absolute Gasteiger partial charge is 0.356 e. The number of rotatable bonds is 3. The molecule has 15 heavy (non-hydrogen) atoms. The number of pyridine rings is 1. The van der Waals surface area contributed by atoms with Gasteiger partial charge in [-0.2, -0.15) is 5.26 Å². The number of carbonyl (C=O) groups excluding carboxylic acids is 1. The van der Waals surface area contributed by atoms with Crippen LogP contribution >= 0.6 is 0 Å². The Morgan fingerprint density at radius 2 is 2.33 bits per heavy atom. The largest absolute Gasteiger partial charge is 0.494 e. The molecule has 0 aliphatic carbocycles. The van der Waals surface area contributed by atoms with Crippen molar-refractivity contribution in [3.8, 4) is 11.8 Å². The van der Waals surface area contributed by atoms with Gasteiger partial charge in [0.1, 0.15) is 11.8 Å². The lowest BCUT2D eigenvalue weighted by Gasteiger charge is -2.04. The zero-order valence-electron chi connectivity index (χ0n) is 8.48. The molecular formula is C10H10N2O3. The number of hydrogen-bond donors (Lipinski definition) is 0. The van der Waals surface area contributed by atoms with E-state index in [4.69, 9.17) is 14.7 Å². The van der Waals surface area contributed by atoms with Gasteiger partial charge in [0.15, 0.2) is 11.4 Å². The highest BCUT2D eigenvalue weighted by Crippen LogP contribution is 2.15. The number of carbonyl (C=O) groups is 1. The molecule has 0 unspecified atom stereocenters. The molecule has 0 saturated carbocycles. The molecule has 0 radical (unpaired) electrons. The molecule has 0 amide bonds. The minimum absolute atomic E-state index is 0.0723. The number of ether oxygens (including phenoxy) is 2. The van der Waals surface area contributed by atoms with Gasteiger partial charge in [-0.15, -0.1) is 0 Å². The van der Waals surface area contributed by atoms with Crippen LogP contribution in [0.25, 0.3) is 0 Å². The van der Waals surface area contributed by atoms with Crippen LogP contribution in [-0.4, -0.2) is 24.7 Å². The second-order valence-corrected chi connectivity index (χ2v) is 2.58. The van der Waals surface area contributed by atoms with Gasteiger partial charge in [-0.3, -0.25) is 0 Å². The molecular weight excluding hydrogens is 196 g/mol. The fourth-order valence-electron chi connectivity index (χ4n) is 1.01. The number of aromatic nitrogens is 1. The van der Waals surface area contributed by atoms with E-state index < -0.39 is 5.97 Å². The number of hydrogen-bond acceptors (Lipinski definition) is 5. The fraction of sp³-hybridized carbons (Fsp3) is 0.300. The maximum atomic E-state index is 11.3. The van der Waals surface area contributed by atoms with E-state index in [1.807, 2.05) is 6.07 Å². The van der Waals surface area contributed by atoms with Gasteiger partial charge < -0.3 is 9.47 Å². The maximum absolute atomic E-state index is 11.3. The minimum Gasteiger partial charge on any atom is -0.494 e.